The van der Waals surface area contributed by atoms with Crippen LogP contribution in [0.2, 0.25) is 0 Å². The first-order chi connectivity index (χ1) is 12.1. The summed E-state index contributed by atoms with van der Waals surface area (Å²) in [6.45, 7) is 3.16. The van der Waals surface area contributed by atoms with Crippen molar-refractivity contribution in [2.24, 2.45) is 5.92 Å². The van der Waals surface area contributed by atoms with E-state index >= 15 is 0 Å². The number of benzene rings is 1. The number of hydrogen-bond donors (Lipinski definition) is 4. The third kappa shape index (κ3) is 6.43. The Balaban J connectivity index is 1.81. The first-order valence-corrected chi connectivity index (χ1v) is 8.54. The average Bonchev–Trinajstić information content (AvgIpc) is 2.61. The molecule has 1 heterocycles. The van der Waals surface area contributed by atoms with Crippen LogP contribution in [0, 0.1) is 11.3 Å². The molecular weight excluding hydrogens is 314 g/mol. The molecule has 0 aliphatic carbocycles. The summed E-state index contributed by atoms with van der Waals surface area (Å²) >= 11 is 0. The molecule has 2 rings (SSSR count). The van der Waals surface area contributed by atoms with Crippen LogP contribution in [-0.2, 0) is 4.79 Å². The molecule has 0 radical (unpaired) electrons. The average molecular weight is 341 g/mol. The lowest BCUT2D eigenvalue weighted by molar-refractivity contribution is -0.111. The van der Waals surface area contributed by atoms with Crippen molar-refractivity contribution >= 4 is 23.5 Å². The van der Waals surface area contributed by atoms with Crippen molar-refractivity contribution in [3.05, 3.63) is 48.2 Å². The van der Waals surface area contributed by atoms with E-state index in [0.29, 0.717) is 22.9 Å². The molecular formula is C19H27N5O. The molecule has 1 saturated heterocycles. The highest BCUT2D eigenvalue weighted by Gasteiger charge is 2.15. The minimum atomic E-state index is -0.277. The molecule has 1 fully saturated rings. The number of amides is 1. The fraction of sp³-hybridized carbons (Fsp3) is 0.368. The van der Waals surface area contributed by atoms with Crippen LogP contribution >= 0.6 is 0 Å². The van der Waals surface area contributed by atoms with Gasteiger partial charge in [-0.05, 0) is 57.1 Å². The van der Waals surface area contributed by atoms with E-state index in [1.165, 1.54) is 25.1 Å². The van der Waals surface area contributed by atoms with Crippen molar-refractivity contribution in [3.8, 4) is 0 Å². The molecule has 6 nitrogen and oxygen atoms in total. The second-order valence-electron chi connectivity index (χ2n) is 6.35. The Hall–Kier alpha value is -2.60. The SMILES string of the molecule is CN1CCC(CN/C=C(C=N)/C=C/C(=O)Nc2ccccc2N)CC1. The van der Waals surface area contributed by atoms with Crippen LogP contribution in [0.1, 0.15) is 12.8 Å². The minimum Gasteiger partial charge on any atom is -0.397 e. The summed E-state index contributed by atoms with van der Waals surface area (Å²) in [5, 5.41) is 13.5. The van der Waals surface area contributed by atoms with Crippen molar-refractivity contribution < 1.29 is 4.79 Å². The summed E-state index contributed by atoms with van der Waals surface area (Å²) < 4.78 is 0. The van der Waals surface area contributed by atoms with Gasteiger partial charge < -0.3 is 26.7 Å². The Kier molecular flexibility index (Phi) is 7.22. The highest BCUT2D eigenvalue weighted by Crippen LogP contribution is 2.16. The maximum absolute atomic E-state index is 12.0. The topological polar surface area (TPSA) is 94.2 Å². The molecule has 1 aliphatic heterocycles. The summed E-state index contributed by atoms with van der Waals surface area (Å²) in [4.78, 5) is 14.3. The Morgan fingerprint density at radius 3 is 2.72 bits per heavy atom. The Bertz CT molecular complexity index is 645. The van der Waals surface area contributed by atoms with Crippen LogP contribution in [0.25, 0.3) is 0 Å². The molecule has 25 heavy (non-hydrogen) atoms. The number of nitrogens with zero attached hydrogens (tertiary/aromatic N) is 1. The predicted molar refractivity (Wildman–Crippen MR) is 104 cm³/mol. The number of nitrogens with one attached hydrogen (secondary N) is 3. The van der Waals surface area contributed by atoms with Gasteiger partial charge in [0.2, 0.25) is 5.91 Å². The Morgan fingerprint density at radius 2 is 2.04 bits per heavy atom. The van der Waals surface area contributed by atoms with Gasteiger partial charge in [0.25, 0.3) is 0 Å². The van der Waals surface area contributed by atoms with Gasteiger partial charge in [0, 0.05) is 30.6 Å². The van der Waals surface area contributed by atoms with Crippen molar-refractivity contribution in [1.29, 1.82) is 5.41 Å². The molecule has 0 unspecified atom stereocenters. The van der Waals surface area contributed by atoms with E-state index in [1.54, 1.807) is 24.4 Å². The quantitative estimate of drug-likeness (QED) is 0.265. The largest absolute Gasteiger partial charge is 0.397 e. The van der Waals surface area contributed by atoms with E-state index in [1.807, 2.05) is 12.1 Å². The summed E-state index contributed by atoms with van der Waals surface area (Å²) in [5.74, 6) is 0.383. The van der Waals surface area contributed by atoms with Gasteiger partial charge in [-0.15, -0.1) is 0 Å². The zero-order valence-electron chi connectivity index (χ0n) is 14.7. The fourth-order valence-corrected chi connectivity index (χ4v) is 2.70. The van der Waals surface area contributed by atoms with Crippen molar-refractivity contribution in [2.75, 3.05) is 37.7 Å². The molecule has 0 atom stereocenters. The van der Waals surface area contributed by atoms with Gasteiger partial charge in [-0.1, -0.05) is 12.1 Å². The van der Waals surface area contributed by atoms with Crippen molar-refractivity contribution in [1.82, 2.24) is 10.2 Å². The molecule has 1 aliphatic rings. The number of anilines is 2. The van der Waals surface area contributed by atoms with E-state index in [-0.39, 0.29) is 5.91 Å². The summed E-state index contributed by atoms with van der Waals surface area (Å²) in [5.41, 5.74) is 7.54. The highest BCUT2D eigenvalue weighted by atomic mass is 16.1. The van der Waals surface area contributed by atoms with Gasteiger partial charge in [0.05, 0.1) is 11.4 Å². The summed E-state index contributed by atoms with van der Waals surface area (Å²) in [6.07, 6.45) is 8.40. The number of nitrogens with two attached hydrogens (primary N) is 1. The van der Waals surface area contributed by atoms with Gasteiger partial charge in [0.1, 0.15) is 0 Å². The molecule has 5 N–H and O–H groups in total. The first-order valence-electron chi connectivity index (χ1n) is 8.54. The Morgan fingerprint density at radius 1 is 1.32 bits per heavy atom. The Labute approximate surface area is 149 Å². The second kappa shape index (κ2) is 9.64. The maximum atomic E-state index is 12.0. The molecule has 0 spiro atoms. The van der Waals surface area contributed by atoms with Crippen LogP contribution in [0.5, 0.6) is 0 Å². The molecule has 1 aromatic carbocycles. The smallest absolute Gasteiger partial charge is 0.248 e. The summed E-state index contributed by atoms with van der Waals surface area (Å²) in [7, 11) is 2.15. The molecule has 0 aromatic heterocycles. The lowest BCUT2D eigenvalue weighted by Gasteiger charge is -2.28. The minimum absolute atomic E-state index is 0.277. The van der Waals surface area contributed by atoms with Gasteiger partial charge in [-0.2, -0.15) is 0 Å². The van der Waals surface area contributed by atoms with Crippen LogP contribution in [0.3, 0.4) is 0 Å². The molecule has 134 valence electrons. The zero-order chi connectivity index (χ0) is 18.1. The lowest BCUT2D eigenvalue weighted by Crippen LogP contribution is -2.33. The number of carbonyl (C=O) groups excluding carboxylic acids is 1. The number of carbonyl (C=O) groups is 1. The number of nitrogen functional groups attached to an aromatic ring is 1. The second-order valence-corrected chi connectivity index (χ2v) is 6.35. The van der Waals surface area contributed by atoms with E-state index in [2.05, 4.69) is 22.6 Å². The highest BCUT2D eigenvalue weighted by molar-refractivity contribution is 6.02. The first kappa shape index (κ1) is 18.7. The van der Waals surface area contributed by atoms with Crippen LogP contribution < -0.4 is 16.4 Å². The predicted octanol–water partition coefficient (Wildman–Crippen LogP) is 2.23. The van der Waals surface area contributed by atoms with E-state index in [9.17, 15) is 4.79 Å². The van der Waals surface area contributed by atoms with Gasteiger partial charge in [0.15, 0.2) is 0 Å². The van der Waals surface area contributed by atoms with E-state index in [4.69, 9.17) is 11.1 Å². The number of para-hydroxylation sites is 2. The third-order valence-corrected chi connectivity index (χ3v) is 4.33. The van der Waals surface area contributed by atoms with Crippen LogP contribution in [-0.4, -0.2) is 43.7 Å². The maximum Gasteiger partial charge on any atom is 0.248 e. The van der Waals surface area contributed by atoms with Crippen LogP contribution in [0.15, 0.2) is 48.2 Å². The summed E-state index contributed by atoms with van der Waals surface area (Å²) in [6, 6.07) is 7.10. The van der Waals surface area contributed by atoms with Crippen molar-refractivity contribution in [3.63, 3.8) is 0 Å². The van der Waals surface area contributed by atoms with E-state index < -0.39 is 0 Å². The monoisotopic (exact) mass is 341 g/mol. The molecule has 0 saturated carbocycles. The molecule has 6 heteroatoms. The van der Waals surface area contributed by atoms with Gasteiger partial charge in [-0.3, -0.25) is 4.79 Å². The number of hydrogen-bond acceptors (Lipinski definition) is 5. The standard InChI is InChI=1S/C19H27N5O/c1-24-10-8-15(9-11-24)13-22-14-16(12-20)6-7-19(25)23-18-5-3-2-4-17(18)21/h2-7,12,14-15,20,22H,8-11,13,21H2,1H3,(H,23,25)/b7-6+,16-14-,20-12?. The van der Waals surface area contributed by atoms with Gasteiger partial charge >= 0.3 is 0 Å². The zero-order valence-corrected chi connectivity index (χ0v) is 14.7. The van der Waals surface area contributed by atoms with E-state index in [0.717, 1.165) is 19.6 Å². The number of likely N-dealkylation sites (tertiary alicyclic amines) is 1. The van der Waals surface area contributed by atoms with Crippen LogP contribution in [0.4, 0.5) is 11.4 Å². The molecule has 1 aromatic rings. The van der Waals surface area contributed by atoms with Gasteiger partial charge in [-0.25, -0.2) is 0 Å². The van der Waals surface area contributed by atoms with Crippen molar-refractivity contribution in [2.45, 2.75) is 12.8 Å². The molecule has 0 bridgehead atoms. The lowest BCUT2D eigenvalue weighted by atomic mass is 9.97. The number of rotatable bonds is 7. The number of allylic oxidation sites excluding steroid dienone is 2. The molecule has 1 amide bonds. The third-order valence-electron chi connectivity index (χ3n) is 4.33. The number of piperidine rings is 1. The normalized spacial score (nSPS) is 16.8. The fourth-order valence-electron chi connectivity index (χ4n) is 2.70.